The standard InChI is InChI=1S/C23H22Cl2N2O4S/c1-14-4-5-18(10-15(14)2)27-32(29,30)19-7-9-22(16(3)11-19)31-13-23(28)26-17-6-8-20(24)21(25)12-17/h4-12,27H,13H2,1-3H3,(H,26,28). The summed E-state index contributed by atoms with van der Waals surface area (Å²) in [5.41, 5.74) is 3.63. The van der Waals surface area contributed by atoms with E-state index >= 15 is 0 Å². The molecule has 0 unspecified atom stereocenters. The third kappa shape index (κ3) is 5.94. The summed E-state index contributed by atoms with van der Waals surface area (Å²) in [7, 11) is -3.77. The van der Waals surface area contributed by atoms with Crippen LogP contribution < -0.4 is 14.8 Å². The highest BCUT2D eigenvalue weighted by Crippen LogP contribution is 2.26. The minimum Gasteiger partial charge on any atom is -0.483 e. The van der Waals surface area contributed by atoms with E-state index in [0.717, 1.165) is 11.1 Å². The molecule has 0 spiro atoms. The zero-order chi connectivity index (χ0) is 23.5. The van der Waals surface area contributed by atoms with Gasteiger partial charge in [0.05, 0.1) is 14.9 Å². The van der Waals surface area contributed by atoms with Gasteiger partial charge in [-0.15, -0.1) is 0 Å². The number of nitrogens with one attached hydrogen (secondary N) is 2. The molecular formula is C23H22Cl2N2O4S. The molecule has 0 aliphatic rings. The fourth-order valence-electron chi connectivity index (χ4n) is 2.88. The summed E-state index contributed by atoms with van der Waals surface area (Å²) in [5, 5.41) is 3.37. The molecule has 0 fully saturated rings. The predicted molar refractivity (Wildman–Crippen MR) is 128 cm³/mol. The van der Waals surface area contributed by atoms with Gasteiger partial charge in [-0.05, 0) is 86.0 Å². The number of aryl methyl sites for hydroxylation is 3. The molecule has 0 aliphatic carbocycles. The van der Waals surface area contributed by atoms with E-state index < -0.39 is 15.9 Å². The molecule has 3 aromatic rings. The molecule has 1 amide bonds. The fraction of sp³-hybridized carbons (Fsp3) is 0.174. The molecule has 3 aromatic carbocycles. The normalized spacial score (nSPS) is 11.2. The molecule has 0 heterocycles. The van der Waals surface area contributed by atoms with Crippen LogP contribution in [0.3, 0.4) is 0 Å². The molecule has 0 aromatic heterocycles. The molecule has 0 saturated heterocycles. The van der Waals surface area contributed by atoms with Gasteiger partial charge >= 0.3 is 0 Å². The van der Waals surface area contributed by atoms with E-state index in [1.807, 2.05) is 19.9 Å². The van der Waals surface area contributed by atoms with Gasteiger partial charge in [0.2, 0.25) is 0 Å². The molecule has 0 aliphatic heterocycles. The SMILES string of the molecule is Cc1ccc(NS(=O)(=O)c2ccc(OCC(=O)Nc3ccc(Cl)c(Cl)c3)c(C)c2)cc1C. The van der Waals surface area contributed by atoms with Crippen LogP contribution in [-0.4, -0.2) is 20.9 Å². The second-order valence-corrected chi connectivity index (χ2v) is 9.79. The van der Waals surface area contributed by atoms with E-state index in [-0.39, 0.29) is 11.5 Å². The van der Waals surface area contributed by atoms with Crippen molar-refractivity contribution < 1.29 is 17.9 Å². The zero-order valence-corrected chi connectivity index (χ0v) is 20.0. The summed E-state index contributed by atoms with van der Waals surface area (Å²) in [6.07, 6.45) is 0. The molecule has 168 valence electrons. The van der Waals surface area contributed by atoms with Crippen molar-refractivity contribution in [2.24, 2.45) is 0 Å². The van der Waals surface area contributed by atoms with Crippen molar-refractivity contribution >= 4 is 50.5 Å². The predicted octanol–water partition coefficient (Wildman–Crippen LogP) is 5.74. The number of ether oxygens (including phenoxy) is 1. The van der Waals surface area contributed by atoms with Crippen molar-refractivity contribution in [2.45, 2.75) is 25.7 Å². The molecule has 0 bridgehead atoms. The van der Waals surface area contributed by atoms with Gasteiger partial charge in [0, 0.05) is 11.4 Å². The lowest BCUT2D eigenvalue weighted by atomic mass is 10.1. The van der Waals surface area contributed by atoms with Gasteiger partial charge in [-0.3, -0.25) is 9.52 Å². The number of halogens is 2. The third-order valence-corrected chi connectivity index (χ3v) is 6.90. The van der Waals surface area contributed by atoms with E-state index in [0.29, 0.717) is 32.7 Å². The molecule has 0 atom stereocenters. The summed E-state index contributed by atoms with van der Waals surface area (Å²) in [5.74, 6) is 0.00955. The first-order valence-electron chi connectivity index (χ1n) is 9.63. The van der Waals surface area contributed by atoms with Crippen LogP contribution in [0.5, 0.6) is 5.75 Å². The maximum Gasteiger partial charge on any atom is 0.262 e. The monoisotopic (exact) mass is 492 g/mol. The average Bonchev–Trinajstić information content (AvgIpc) is 2.72. The Balaban J connectivity index is 1.65. The second kappa shape index (κ2) is 9.81. The first kappa shape index (κ1) is 23.9. The highest BCUT2D eigenvalue weighted by Gasteiger charge is 2.16. The van der Waals surface area contributed by atoms with Crippen LogP contribution in [0, 0.1) is 20.8 Å². The second-order valence-electron chi connectivity index (χ2n) is 7.30. The smallest absolute Gasteiger partial charge is 0.262 e. The number of benzene rings is 3. The van der Waals surface area contributed by atoms with Crippen molar-refractivity contribution in [3.8, 4) is 5.75 Å². The number of amides is 1. The quantitative estimate of drug-likeness (QED) is 0.440. The van der Waals surface area contributed by atoms with E-state index in [1.54, 1.807) is 31.2 Å². The maximum atomic E-state index is 12.7. The summed E-state index contributed by atoms with van der Waals surface area (Å²) < 4.78 is 33.6. The van der Waals surface area contributed by atoms with Crippen LogP contribution in [0.4, 0.5) is 11.4 Å². The Hall–Kier alpha value is -2.74. The molecule has 0 saturated carbocycles. The van der Waals surface area contributed by atoms with Gasteiger partial charge in [0.1, 0.15) is 5.75 Å². The van der Waals surface area contributed by atoms with Crippen molar-refractivity contribution in [3.63, 3.8) is 0 Å². The molecule has 3 rings (SSSR count). The third-order valence-electron chi connectivity index (χ3n) is 4.78. The average molecular weight is 493 g/mol. The highest BCUT2D eigenvalue weighted by molar-refractivity contribution is 7.92. The van der Waals surface area contributed by atoms with Gasteiger partial charge in [0.25, 0.3) is 15.9 Å². The Morgan fingerprint density at radius 2 is 1.56 bits per heavy atom. The Labute approximate surface area is 197 Å². The molecule has 32 heavy (non-hydrogen) atoms. The Kier molecular flexibility index (Phi) is 7.33. The number of rotatable bonds is 7. The van der Waals surface area contributed by atoms with Gasteiger partial charge in [-0.1, -0.05) is 29.3 Å². The van der Waals surface area contributed by atoms with Crippen molar-refractivity contribution in [1.29, 1.82) is 0 Å². The zero-order valence-electron chi connectivity index (χ0n) is 17.7. The number of carbonyl (C=O) groups is 1. The Morgan fingerprint density at radius 3 is 2.22 bits per heavy atom. The van der Waals surface area contributed by atoms with Gasteiger partial charge in [-0.25, -0.2) is 8.42 Å². The van der Waals surface area contributed by atoms with E-state index in [9.17, 15) is 13.2 Å². The topological polar surface area (TPSA) is 84.5 Å². The number of hydrogen-bond acceptors (Lipinski definition) is 4. The molecule has 6 nitrogen and oxygen atoms in total. The van der Waals surface area contributed by atoms with Crippen LogP contribution in [0.2, 0.25) is 10.0 Å². The molecule has 9 heteroatoms. The van der Waals surface area contributed by atoms with Crippen molar-refractivity contribution in [1.82, 2.24) is 0 Å². The molecule has 2 N–H and O–H groups in total. The van der Waals surface area contributed by atoms with Gasteiger partial charge in [0.15, 0.2) is 6.61 Å². The number of sulfonamides is 1. The first-order chi connectivity index (χ1) is 15.0. The minimum atomic E-state index is -3.77. The Morgan fingerprint density at radius 1 is 0.844 bits per heavy atom. The Bertz CT molecular complexity index is 1280. The maximum absolute atomic E-state index is 12.7. The largest absolute Gasteiger partial charge is 0.483 e. The van der Waals surface area contributed by atoms with Crippen LogP contribution in [-0.2, 0) is 14.8 Å². The van der Waals surface area contributed by atoms with Crippen LogP contribution in [0.25, 0.3) is 0 Å². The van der Waals surface area contributed by atoms with Gasteiger partial charge < -0.3 is 10.1 Å². The number of anilines is 2. The van der Waals surface area contributed by atoms with Crippen molar-refractivity contribution in [2.75, 3.05) is 16.6 Å². The molecular weight excluding hydrogens is 471 g/mol. The highest BCUT2D eigenvalue weighted by atomic mass is 35.5. The number of hydrogen-bond donors (Lipinski definition) is 2. The van der Waals surface area contributed by atoms with Crippen molar-refractivity contribution in [3.05, 3.63) is 81.3 Å². The summed E-state index contributed by atoms with van der Waals surface area (Å²) >= 11 is 11.8. The van der Waals surface area contributed by atoms with E-state index in [4.69, 9.17) is 27.9 Å². The number of carbonyl (C=O) groups excluding carboxylic acids is 1. The van der Waals surface area contributed by atoms with Crippen LogP contribution in [0.1, 0.15) is 16.7 Å². The lowest BCUT2D eigenvalue weighted by Crippen LogP contribution is -2.20. The van der Waals surface area contributed by atoms with Gasteiger partial charge in [-0.2, -0.15) is 0 Å². The van der Waals surface area contributed by atoms with E-state index in [1.165, 1.54) is 24.3 Å². The summed E-state index contributed by atoms with van der Waals surface area (Å²) in [6.45, 7) is 5.33. The van der Waals surface area contributed by atoms with E-state index in [2.05, 4.69) is 10.0 Å². The summed E-state index contributed by atoms with van der Waals surface area (Å²) in [6, 6.07) is 14.6. The first-order valence-corrected chi connectivity index (χ1v) is 11.9. The lowest BCUT2D eigenvalue weighted by Gasteiger charge is -2.13. The lowest BCUT2D eigenvalue weighted by molar-refractivity contribution is -0.118. The molecule has 0 radical (unpaired) electrons. The fourth-order valence-corrected chi connectivity index (χ4v) is 4.32. The minimum absolute atomic E-state index is 0.0980. The summed E-state index contributed by atoms with van der Waals surface area (Å²) in [4.78, 5) is 12.3. The van der Waals surface area contributed by atoms with Crippen LogP contribution in [0.15, 0.2) is 59.5 Å². The van der Waals surface area contributed by atoms with Crippen LogP contribution >= 0.6 is 23.2 Å².